The predicted octanol–water partition coefficient (Wildman–Crippen LogP) is 4.27. The first-order valence-electron chi connectivity index (χ1n) is 9.91. The first kappa shape index (κ1) is 22.0. The van der Waals surface area contributed by atoms with Crippen LogP contribution in [0.1, 0.15) is 87.0 Å². The Morgan fingerprint density at radius 3 is 1.96 bits per heavy atom. The Morgan fingerprint density at radius 2 is 1.56 bits per heavy atom. The fourth-order valence-corrected chi connectivity index (χ4v) is 4.14. The van der Waals surface area contributed by atoms with Crippen LogP contribution in [-0.2, 0) is 9.59 Å². The molecule has 1 fully saturated rings. The van der Waals surface area contributed by atoms with Gasteiger partial charge in [-0.2, -0.15) is 0 Å². The van der Waals surface area contributed by atoms with E-state index in [4.69, 9.17) is 5.73 Å². The molecule has 2 unspecified atom stereocenters. The summed E-state index contributed by atoms with van der Waals surface area (Å²) in [4.78, 5) is 25.3. The molecule has 146 valence electrons. The second kappa shape index (κ2) is 8.55. The van der Waals surface area contributed by atoms with Crippen LogP contribution in [0.5, 0.6) is 0 Å². The first-order valence-corrected chi connectivity index (χ1v) is 9.91. The van der Waals surface area contributed by atoms with Crippen molar-refractivity contribution in [3.63, 3.8) is 0 Å². The van der Waals surface area contributed by atoms with E-state index >= 15 is 0 Å². The second-order valence-corrected chi connectivity index (χ2v) is 10.4. The molecule has 3 N–H and O–H groups in total. The SMILES string of the molecule is CC(C[C@H](C(N)=O)C(CC(C)(C)C)C(=O)NC(C)(C)C)C1CCCC1. The number of carbonyl (C=O) groups is 2. The maximum absolute atomic E-state index is 13.0. The molecule has 0 aliphatic heterocycles. The number of nitrogens with two attached hydrogens (primary N) is 1. The van der Waals surface area contributed by atoms with E-state index in [1.165, 1.54) is 25.7 Å². The van der Waals surface area contributed by atoms with Gasteiger partial charge >= 0.3 is 0 Å². The van der Waals surface area contributed by atoms with Gasteiger partial charge in [0.25, 0.3) is 0 Å². The van der Waals surface area contributed by atoms with Crippen LogP contribution in [-0.4, -0.2) is 17.4 Å². The van der Waals surface area contributed by atoms with Crippen LogP contribution in [0, 0.1) is 29.1 Å². The van der Waals surface area contributed by atoms with Gasteiger partial charge in [0.2, 0.25) is 11.8 Å². The van der Waals surface area contributed by atoms with Gasteiger partial charge in [0.05, 0.1) is 5.92 Å². The number of primary amides is 1. The molecule has 1 aliphatic rings. The van der Waals surface area contributed by atoms with Crippen LogP contribution < -0.4 is 11.1 Å². The molecule has 0 aromatic carbocycles. The van der Waals surface area contributed by atoms with E-state index in [9.17, 15) is 9.59 Å². The smallest absolute Gasteiger partial charge is 0.224 e. The molecule has 2 amide bonds. The Labute approximate surface area is 154 Å². The molecule has 0 spiro atoms. The number of rotatable bonds is 7. The lowest BCUT2D eigenvalue weighted by Crippen LogP contribution is -2.48. The van der Waals surface area contributed by atoms with Crippen molar-refractivity contribution in [2.45, 2.75) is 92.5 Å². The Hall–Kier alpha value is -1.06. The van der Waals surface area contributed by atoms with E-state index < -0.39 is 5.92 Å². The number of carbonyl (C=O) groups excluding carboxylic acids is 2. The summed E-state index contributed by atoms with van der Waals surface area (Å²) in [5.74, 6) is -0.0153. The molecule has 4 nitrogen and oxygen atoms in total. The minimum absolute atomic E-state index is 0.0372. The van der Waals surface area contributed by atoms with Crippen molar-refractivity contribution < 1.29 is 9.59 Å². The summed E-state index contributed by atoms with van der Waals surface area (Å²) in [7, 11) is 0. The van der Waals surface area contributed by atoms with Gasteiger partial charge in [0.1, 0.15) is 0 Å². The van der Waals surface area contributed by atoms with Gasteiger partial charge in [-0.1, -0.05) is 53.4 Å². The van der Waals surface area contributed by atoms with Gasteiger partial charge in [-0.15, -0.1) is 0 Å². The lowest BCUT2D eigenvalue weighted by atomic mass is 9.73. The minimum atomic E-state index is -0.392. The van der Waals surface area contributed by atoms with Crippen molar-refractivity contribution in [2.24, 2.45) is 34.8 Å². The third-order valence-electron chi connectivity index (χ3n) is 5.35. The molecule has 1 aliphatic carbocycles. The Bertz CT molecular complexity index is 453. The fraction of sp³-hybridized carbons (Fsp3) is 0.905. The molecule has 1 rings (SSSR count). The van der Waals surface area contributed by atoms with E-state index in [1.54, 1.807) is 0 Å². The van der Waals surface area contributed by atoms with E-state index in [0.717, 1.165) is 6.42 Å². The van der Waals surface area contributed by atoms with Crippen molar-refractivity contribution in [3.8, 4) is 0 Å². The third kappa shape index (κ3) is 7.79. The largest absolute Gasteiger partial charge is 0.369 e. The van der Waals surface area contributed by atoms with E-state index in [1.807, 2.05) is 20.8 Å². The van der Waals surface area contributed by atoms with Crippen LogP contribution in [0.2, 0.25) is 0 Å². The van der Waals surface area contributed by atoms with Gasteiger partial charge in [-0.3, -0.25) is 9.59 Å². The van der Waals surface area contributed by atoms with Gasteiger partial charge in [0.15, 0.2) is 0 Å². The third-order valence-corrected chi connectivity index (χ3v) is 5.35. The number of hydrogen-bond acceptors (Lipinski definition) is 2. The van der Waals surface area contributed by atoms with Crippen LogP contribution >= 0.6 is 0 Å². The lowest BCUT2D eigenvalue weighted by Gasteiger charge is -2.34. The monoisotopic (exact) mass is 352 g/mol. The summed E-state index contributed by atoms with van der Waals surface area (Å²) in [5.41, 5.74) is 5.44. The molecule has 0 aromatic heterocycles. The zero-order valence-corrected chi connectivity index (χ0v) is 17.4. The van der Waals surface area contributed by atoms with Gasteiger partial charge in [-0.25, -0.2) is 0 Å². The zero-order chi connectivity index (χ0) is 19.4. The van der Waals surface area contributed by atoms with Crippen molar-refractivity contribution in [1.29, 1.82) is 0 Å². The Morgan fingerprint density at radius 1 is 1.04 bits per heavy atom. The highest BCUT2D eigenvalue weighted by atomic mass is 16.2. The number of nitrogens with one attached hydrogen (secondary N) is 1. The highest BCUT2D eigenvalue weighted by Gasteiger charge is 2.38. The molecular weight excluding hydrogens is 312 g/mol. The molecular formula is C21H40N2O2. The van der Waals surface area contributed by atoms with Crippen LogP contribution in [0.3, 0.4) is 0 Å². The van der Waals surface area contributed by atoms with Crippen LogP contribution in [0.15, 0.2) is 0 Å². The summed E-state index contributed by atoms with van der Waals surface area (Å²) in [6.45, 7) is 14.5. The maximum Gasteiger partial charge on any atom is 0.224 e. The number of amides is 2. The second-order valence-electron chi connectivity index (χ2n) is 10.4. The van der Waals surface area contributed by atoms with Crippen molar-refractivity contribution in [1.82, 2.24) is 5.32 Å². The fourth-order valence-electron chi connectivity index (χ4n) is 4.14. The average molecular weight is 353 g/mol. The van der Waals surface area contributed by atoms with Gasteiger partial charge in [-0.05, 0) is 50.9 Å². The summed E-state index contributed by atoms with van der Waals surface area (Å²) in [6, 6.07) is 0. The van der Waals surface area contributed by atoms with Crippen LogP contribution in [0.4, 0.5) is 0 Å². The van der Waals surface area contributed by atoms with Crippen molar-refractivity contribution in [3.05, 3.63) is 0 Å². The summed E-state index contributed by atoms with van der Waals surface area (Å²) < 4.78 is 0. The highest BCUT2D eigenvalue weighted by Crippen LogP contribution is 2.38. The molecule has 0 radical (unpaired) electrons. The molecule has 4 heteroatoms. The first-order chi connectivity index (χ1) is 11.3. The minimum Gasteiger partial charge on any atom is -0.369 e. The van der Waals surface area contributed by atoms with Crippen LogP contribution in [0.25, 0.3) is 0 Å². The normalized spacial score (nSPS) is 20.1. The summed E-state index contributed by atoms with van der Waals surface area (Å²) in [6.07, 6.45) is 6.44. The Kier molecular flexibility index (Phi) is 7.52. The van der Waals surface area contributed by atoms with E-state index in [0.29, 0.717) is 18.3 Å². The summed E-state index contributed by atoms with van der Waals surface area (Å²) >= 11 is 0. The molecule has 25 heavy (non-hydrogen) atoms. The molecule has 0 heterocycles. The molecule has 0 saturated heterocycles. The van der Waals surface area contributed by atoms with Crippen molar-refractivity contribution >= 4 is 11.8 Å². The van der Waals surface area contributed by atoms with Crippen molar-refractivity contribution in [2.75, 3.05) is 0 Å². The maximum atomic E-state index is 13.0. The predicted molar refractivity (Wildman–Crippen MR) is 104 cm³/mol. The van der Waals surface area contributed by atoms with E-state index in [-0.39, 0.29) is 28.7 Å². The average Bonchev–Trinajstić information content (AvgIpc) is 2.93. The summed E-state index contributed by atoms with van der Waals surface area (Å²) in [5, 5.41) is 3.07. The molecule has 3 atom stereocenters. The van der Waals surface area contributed by atoms with Gasteiger partial charge < -0.3 is 11.1 Å². The molecule has 1 saturated carbocycles. The molecule has 0 bridgehead atoms. The highest BCUT2D eigenvalue weighted by molar-refractivity contribution is 5.87. The molecule has 0 aromatic rings. The zero-order valence-electron chi connectivity index (χ0n) is 17.4. The Balaban J connectivity index is 2.98. The van der Waals surface area contributed by atoms with Gasteiger partial charge in [0, 0.05) is 11.5 Å². The topological polar surface area (TPSA) is 72.2 Å². The standard InChI is InChI=1S/C21H40N2O2/c1-14(15-10-8-9-11-15)12-16(18(22)24)17(13-20(2,3)4)19(25)23-21(5,6)7/h14-17H,8-13H2,1-7H3,(H2,22,24)(H,23,25)/t14?,16-,17?/m0/s1. The lowest BCUT2D eigenvalue weighted by molar-refractivity contribution is -0.136. The quantitative estimate of drug-likeness (QED) is 0.718. The van der Waals surface area contributed by atoms with E-state index in [2.05, 4.69) is 33.0 Å². The number of hydrogen-bond donors (Lipinski definition) is 2.